The van der Waals surface area contributed by atoms with Gasteiger partial charge in [-0.1, -0.05) is 141 Å². The number of nitrogens with one attached hydrogen (secondary N) is 1. The number of aromatic nitrogens is 1. The van der Waals surface area contributed by atoms with E-state index >= 15 is 0 Å². The fraction of sp³-hybridized carbons (Fsp3) is 0.231. The van der Waals surface area contributed by atoms with E-state index in [4.69, 9.17) is 23.6 Å². The molecule has 9 heteroatoms. The van der Waals surface area contributed by atoms with Crippen molar-refractivity contribution >= 4 is 17.9 Å². The second-order valence-corrected chi connectivity index (χ2v) is 12.5. The Labute approximate surface area is 284 Å². The molecule has 2 heterocycles. The summed E-state index contributed by atoms with van der Waals surface area (Å²) in [5.74, 6) is 1.31. The number of carbonyl (C=O) groups excluding carboxylic acids is 1. The number of carbonyl (C=O) groups is 1. The third kappa shape index (κ3) is 8.06. The normalized spacial score (nSPS) is 19.0. The molecule has 0 spiro atoms. The van der Waals surface area contributed by atoms with Crippen LogP contribution >= 0.6 is 11.8 Å². The van der Waals surface area contributed by atoms with Gasteiger partial charge in [-0.2, -0.15) is 0 Å². The first-order valence-electron chi connectivity index (χ1n) is 15.9. The quantitative estimate of drug-likeness (QED) is 0.101. The molecule has 1 aliphatic heterocycles. The van der Waals surface area contributed by atoms with E-state index in [0.29, 0.717) is 17.5 Å². The highest BCUT2D eigenvalue weighted by atomic mass is 32.2. The third-order valence-corrected chi connectivity index (χ3v) is 9.12. The van der Waals surface area contributed by atoms with E-state index in [9.17, 15) is 9.90 Å². The van der Waals surface area contributed by atoms with Crippen molar-refractivity contribution in [3.05, 3.63) is 144 Å². The number of thioether (sulfide) groups is 1. The van der Waals surface area contributed by atoms with Crippen LogP contribution in [-0.2, 0) is 27.4 Å². The van der Waals surface area contributed by atoms with E-state index in [1.165, 1.54) is 17.8 Å². The molecule has 1 saturated heterocycles. The predicted molar refractivity (Wildman–Crippen MR) is 186 cm³/mol. The summed E-state index contributed by atoms with van der Waals surface area (Å²) in [4.78, 5) is 16.8. The molecule has 8 nitrogen and oxygen atoms in total. The van der Waals surface area contributed by atoms with Crippen LogP contribution in [0.25, 0.3) is 22.6 Å². The lowest BCUT2D eigenvalue weighted by Gasteiger charge is -2.41. The summed E-state index contributed by atoms with van der Waals surface area (Å²) >= 11 is 1.52. The van der Waals surface area contributed by atoms with Gasteiger partial charge in [-0.15, -0.1) is 0 Å². The second-order valence-electron chi connectivity index (χ2n) is 11.5. The van der Waals surface area contributed by atoms with E-state index in [1.807, 2.05) is 109 Å². The summed E-state index contributed by atoms with van der Waals surface area (Å²) in [6.45, 7) is 6.14. The van der Waals surface area contributed by atoms with Crippen LogP contribution in [0.1, 0.15) is 41.6 Å². The number of nitrogens with zero attached hydrogens (tertiary/aromatic N) is 1. The van der Waals surface area contributed by atoms with Gasteiger partial charge in [0.05, 0.1) is 18.8 Å². The van der Waals surface area contributed by atoms with Crippen molar-refractivity contribution in [1.82, 2.24) is 10.3 Å². The minimum Gasteiger partial charge on any atom is -0.445 e. The molecule has 0 radical (unpaired) electrons. The van der Waals surface area contributed by atoms with Gasteiger partial charge >= 0.3 is 6.09 Å². The topological polar surface area (TPSA) is 103 Å². The Bertz CT molecular complexity index is 1720. The van der Waals surface area contributed by atoms with Crippen LogP contribution in [0.5, 0.6) is 0 Å². The Hall–Kier alpha value is -4.67. The van der Waals surface area contributed by atoms with Crippen molar-refractivity contribution in [3.8, 4) is 22.6 Å². The number of aliphatic hydroxyl groups is 1. The number of amides is 1. The van der Waals surface area contributed by atoms with Crippen LogP contribution in [0.2, 0.25) is 0 Å². The number of alkyl carbamates (subject to hydrolysis) is 1. The van der Waals surface area contributed by atoms with Gasteiger partial charge in [-0.3, -0.25) is 0 Å². The number of oxazole rings is 1. The Kier molecular flexibility index (Phi) is 11.0. The Balaban J connectivity index is 1.22. The second kappa shape index (κ2) is 16.0. The first-order valence-corrected chi connectivity index (χ1v) is 16.9. The molecule has 2 N–H and O–H groups in total. The predicted octanol–water partition coefficient (Wildman–Crippen LogP) is 8.50. The smallest absolute Gasteiger partial charge is 0.407 e. The van der Waals surface area contributed by atoms with Crippen molar-refractivity contribution in [1.29, 1.82) is 0 Å². The number of ether oxygens (including phenoxy) is 3. The summed E-state index contributed by atoms with van der Waals surface area (Å²) in [6.07, 6.45) is -0.0654. The molecule has 0 aliphatic carbocycles. The van der Waals surface area contributed by atoms with Gasteiger partial charge < -0.3 is 29.1 Å². The van der Waals surface area contributed by atoms with Crippen LogP contribution in [0.3, 0.4) is 0 Å². The van der Waals surface area contributed by atoms with Crippen LogP contribution in [0.15, 0.2) is 131 Å². The molecular formula is C39H38N2O6S. The first-order chi connectivity index (χ1) is 23.5. The van der Waals surface area contributed by atoms with E-state index in [2.05, 4.69) is 18.8 Å². The van der Waals surface area contributed by atoms with Gasteiger partial charge in [-0.05, 0) is 16.7 Å². The number of hydrogen-bond donors (Lipinski definition) is 2. The van der Waals surface area contributed by atoms with Gasteiger partial charge in [0, 0.05) is 34.9 Å². The Morgan fingerprint density at radius 2 is 1.54 bits per heavy atom. The molecular weight excluding hydrogens is 625 g/mol. The van der Waals surface area contributed by atoms with Gasteiger partial charge in [0.2, 0.25) is 0 Å². The maximum Gasteiger partial charge on any atom is 0.407 e. The highest BCUT2D eigenvalue weighted by Crippen LogP contribution is 2.44. The molecule has 48 heavy (non-hydrogen) atoms. The minimum atomic E-state index is -0.627. The summed E-state index contributed by atoms with van der Waals surface area (Å²) in [6, 6.07) is 35.7. The third-order valence-electron chi connectivity index (χ3n) is 8.21. The summed E-state index contributed by atoms with van der Waals surface area (Å²) in [7, 11) is 0. The molecule has 4 aromatic carbocycles. The van der Waals surface area contributed by atoms with Crippen molar-refractivity contribution < 1.29 is 28.5 Å². The Morgan fingerprint density at radius 3 is 2.21 bits per heavy atom. The zero-order valence-corrected chi connectivity index (χ0v) is 27.5. The molecule has 246 valence electrons. The van der Waals surface area contributed by atoms with Crippen LogP contribution < -0.4 is 5.32 Å². The van der Waals surface area contributed by atoms with Gasteiger partial charge in [0.15, 0.2) is 12.1 Å². The highest BCUT2D eigenvalue weighted by Gasteiger charge is 2.38. The van der Waals surface area contributed by atoms with Gasteiger partial charge in [0.25, 0.3) is 5.22 Å². The van der Waals surface area contributed by atoms with E-state index in [1.54, 1.807) is 0 Å². The largest absolute Gasteiger partial charge is 0.445 e. The zero-order valence-electron chi connectivity index (χ0n) is 26.7. The molecule has 1 amide bonds. The zero-order chi connectivity index (χ0) is 33.3. The van der Waals surface area contributed by atoms with E-state index in [-0.39, 0.29) is 31.3 Å². The van der Waals surface area contributed by atoms with Crippen LogP contribution in [0.4, 0.5) is 4.79 Å². The van der Waals surface area contributed by atoms with E-state index < -0.39 is 12.4 Å². The molecule has 6 rings (SSSR count). The number of hydrogen-bond acceptors (Lipinski definition) is 8. The minimum absolute atomic E-state index is 0.00377. The van der Waals surface area contributed by atoms with Gasteiger partial charge in [0.1, 0.15) is 12.3 Å². The standard InChI is InChI=1S/C39H38N2O6S/c1-3-22-44-38(43)40-23-27-14-20-32(21-15-27)37-45-33(26(2)35(46-37)31-18-16-28(24-42)17-19-31)25-48-39-41-34(29-10-6-4-7-11-29)36(47-39)30-12-8-5-9-13-30/h3-21,26,33,35,37,42H,1,22-25H2,2H3,(H,40,43)/t26-,33+,35+,37+/m1/s1. The van der Waals surface area contributed by atoms with Crippen LogP contribution in [-0.4, -0.2) is 34.6 Å². The summed E-state index contributed by atoms with van der Waals surface area (Å²) < 4.78 is 24.7. The lowest BCUT2D eigenvalue weighted by molar-refractivity contribution is -0.268. The highest BCUT2D eigenvalue weighted by molar-refractivity contribution is 7.99. The molecule has 0 bridgehead atoms. The molecule has 0 unspecified atom stereocenters. The number of aliphatic hydroxyl groups excluding tert-OH is 1. The fourth-order valence-electron chi connectivity index (χ4n) is 5.55. The van der Waals surface area contributed by atoms with Crippen molar-refractivity contribution in [2.45, 2.75) is 43.8 Å². The van der Waals surface area contributed by atoms with E-state index in [0.717, 1.165) is 44.8 Å². The lowest BCUT2D eigenvalue weighted by Crippen LogP contribution is -2.38. The first kappa shape index (κ1) is 33.2. The number of benzene rings is 4. The SMILES string of the molecule is C=CCOC(=O)NCc1ccc([C@H]2O[C@@H](CSc3nc(-c4ccccc4)c(-c4ccccc4)o3)[C@@H](C)[C@@H](c3ccc(CO)cc3)O2)cc1. The molecule has 1 aliphatic rings. The average molecular weight is 663 g/mol. The summed E-state index contributed by atoms with van der Waals surface area (Å²) in [5.41, 5.74) is 6.37. The maximum atomic E-state index is 11.8. The molecule has 4 atom stereocenters. The monoisotopic (exact) mass is 662 g/mol. The van der Waals surface area contributed by atoms with Gasteiger partial charge in [-0.25, -0.2) is 9.78 Å². The molecule has 1 fully saturated rings. The van der Waals surface area contributed by atoms with Crippen molar-refractivity contribution in [2.75, 3.05) is 12.4 Å². The fourth-order valence-corrected chi connectivity index (χ4v) is 6.54. The number of rotatable bonds is 12. The molecule has 1 aromatic heterocycles. The maximum absolute atomic E-state index is 11.8. The van der Waals surface area contributed by atoms with Crippen molar-refractivity contribution in [3.63, 3.8) is 0 Å². The summed E-state index contributed by atoms with van der Waals surface area (Å²) in [5, 5.41) is 12.9. The molecule has 5 aromatic rings. The lowest BCUT2D eigenvalue weighted by atomic mass is 9.91. The van der Waals surface area contributed by atoms with Crippen molar-refractivity contribution in [2.24, 2.45) is 5.92 Å². The molecule has 0 saturated carbocycles. The van der Waals surface area contributed by atoms with Crippen LogP contribution in [0, 0.1) is 5.92 Å². The Morgan fingerprint density at radius 1 is 0.896 bits per heavy atom. The average Bonchev–Trinajstić information content (AvgIpc) is 3.58.